The van der Waals surface area contributed by atoms with E-state index in [0.29, 0.717) is 11.7 Å². The molecule has 0 aliphatic heterocycles. The molecule has 0 bridgehead atoms. The molecule has 0 radical (unpaired) electrons. The highest BCUT2D eigenvalue weighted by Gasteiger charge is 2.26. The molecule has 0 saturated heterocycles. The van der Waals surface area contributed by atoms with Crippen LogP contribution in [0.25, 0.3) is 11.4 Å². The predicted octanol–water partition coefficient (Wildman–Crippen LogP) is 2.29. The maximum atomic E-state index is 9.43. The number of hydrogen-bond acceptors (Lipinski definition) is 5. The summed E-state index contributed by atoms with van der Waals surface area (Å²) in [5.74, 6) is 1.19. The second-order valence-corrected chi connectivity index (χ2v) is 4.63. The van der Waals surface area contributed by atoms with E-state index in [2.05, 4.69) is 15.5 Å². The molecule has 2 N–H and O–H groups in total. The first-order chi connectivity index (χ1) is 8.53. The lowest BCUT2D eigenvalue weighted by Gasteiger charge is -2.20. The smallest absolute Gasteiger partial charge is 0.246 e. The number of phenolic OH excluding ortho intramolecular Hbond substituents is 1. The zero-order valence-corrected chi connectivity index (χ0v) is 10.8. The molecule has 0 fully saturated rings. The minimum atomic E-state index is -0.364. The van der Waals surface area contributed by atoms with Gasteiger partial charge in [-0.15, -0.1) is 0 Å². The van der Waals surface area contributed by atoms with E-state index in [1.165, 1.54) is 0 Å². The monoisotopic (exact) mass is 247 g/mol. The van der Waals surface area contributed by atoms with E-state index in [1.807, 2.05) is 26.8 Å². The second kappa shape index (κ2) is 4.78. The van der Waals surface area contributed by atoms with E-state index in [4.69, 9.17) is 4.52 Å². The molecule has 5 heteroatoms. The Labute approximate surface area is 106 Å². The van der Waals surface area contributed by atoms with Gasteiger partial charge in [-0.2, -0.15) is 4.98 Å². The number of aromatic hydroxyl groups is 1. The van der Waals surface area contributed by atoms with Crippen molar-refractivity contribution in [2.24, 2.45) is 0 Å². The van der Waals surface area contributed by atoms with Crippen molar-refractivity contribution in [1.29, 1.82) is 0 Å². The Morgan fingerprint density at radius 1 is 1.39 bits per heavy atom. The lowest BCUT2D eigenvalue weighted by molar-refractivity contribution is 0.272. The molecular formula is C13H17N3O2. The van der Waals surface area contributed by atoms with Gasteiger partial charge in [-0.25, -0.2) is 0 Å². The second-order valence-electron chi connectivity index (χ2n) is 4.63. The third kappa shape index (κ3) is 2.51. The van der Waals surface area contributed by atoms with E-state index in [9.17, 15) is 5.11 Å². The van der Waals surface area contributed by atoms with Crippen LogP contribution in [0.5, 0.6) is 5.75 Å². The molecule has 2 rings (SSSR count). The number of hydrogen-bond donors (Lipinski definition) is 2. The molecule has 0 atom stereocenters. The SMILES string of the molecule is CCNC(C)(C)c1nc(-c2cccc(O)c2)no1. The molecule has 0 amide bonds. The average molecular weight is 247 g/mol. The fourth-order valence-electron chi connectivity index (χ4n) is 1.76. The van der Waals surface area contributed by atoms with Gasteiger partial charge in [-0.05, 0) is 32.5 Å². The first-order valence-electron chi connectivity index (χ1n) is 5.91. The molecule has 18 heavy (non-hydrogen) atoms. The lowest BCUT2D eigenvalue weighted by atomic mass is 10.1. The molecule has 0 aliphatic carbocycles. The van der Waals surface area contributed by atoms with Gasteiger partial charge in [0.2, 0.25) is 11.7 Å². The molecule has 2 aromatic rings. The summed E-state index contributed by atoms with van der Waals surface area (Å²) in [6, 6.07) is 6.78. The van der Waals surface area contributed by atoms with Crippen LogP contribution < -0.4 is 5.32 Å². The summed E-state index contributed by atoms with van der Waals surface area (Å²) in [6.45, 7) is 6.80. The fourth-order valence-corrected chi connectivity index (χ4v) is 1.76. The lowest BCUT2D eigenvalue weighted by Crippen LogP contribution is -2.36. The van der Waals surface area contributed by atoms with Gasteiger partial charge in [-0.1, -0.05) is 24.2 Å². The number of phenols is 1. The summed E-state index contributed by atoms with van der Waals surface area (Å²) in [6.07, 6.45) is 0. The Bertz CT molecular complexity index is 535. The van der Waals surface area contributed by atoms with Crippen LogP contribution in [0.3, 0.4) is 0 Å². The molecule has 1 heterocycles. The van der Waals surface area contributed by atoms with Crippen molar-refractivity contribution in [3.8, 4) is 17.1 Å². The summed E-state index contributed by atoms with van der Waals surface area (Å²) in [7, 11) is 0. The third-order valence-corrected chi connectivity index (χ3v) is 2.68. The van der Waals surface area contributed by atoms with Crippen LogP contribution in [0.4, 0.5) is 0 Å². The molecule has 1 aromatic carbocycles. The Kier molecular flexibility index (Phi) is 3.34. The molecule has 96 valence electrons. The zero-order chi connectivity index (χ0) is 13.2. The summed E-state index contributed by atoms with van der Waals surface area (Å²) in [4.78, 5) is 4.36. The highest BCUT2D eigenvalue weighted by atomic mass is 16.5. The van der Waals surface area contributed by atoms with Gasteiger partial charge < -0.3 is 14.9 Å². The Morgan fingerprint density at radius 2 is 2.17 bits per heavy atom. The van der Waals surface area contributed by atoms with Gasteiger partial charge in [-0.3, -0.25) is 0 Å². The average Bonchev–Trinajstić information content (AvgIpc) is 2.78. The maximum Gasteiger partial charge on any atom is 0.246 e. The number of rotatable bonds is 4. The van der Waals surface area contributed by atoms with Crippen LogP contribution in [0.15, 0.2) is 28.8 Å². The van der Waals surface area contributed by atoms with Crippen LogP contribution in [0.2, 0.25) is 0 Å². The Hall–Kier alpha value is -1.88. The van der Waals surface area contributed by atoms with Gasteiger partial charge in [0, 0.05) is 5.56 Å². The molecule has 0 spiro atoms. The van der Waals surface area contributed by atoms with Crippen molar-refractivity contribution in [2.75, 3.05) is 6.54 Å². The molecule has 0 saturated carbocycles. The van der Waals surface area contributed by atoms with Crippen LogP contribution in [-0.4, -0.2) is 21.8 Å². The van der Waals surface area contributed by atoms with Crippen molar-refractivity contribution in [2.45, 2.75) is 26.3 Å². The third-order valence-electron chi connectivity index (χ3n) is 2.68. The van der Waals surface area contributed by atoms with Gasteiger partial charge in [0.15, 0.2) is 0 Å². The van der Waals surface area contributed by atoms with E-state index in [0.717, 1.165) is 12.1 Å². The first kappa shape index (κ1) is 12.6. The summed E-state index contributed by atoms with van der Waals surface area (Å²) in [5.41, 5.74) is 0.369. The molecular weight excluding hydrogens is 230 g/mol. The van der Waals surface area contributed by atoms with E-state index >= 15 is 0 Å². The van der Waals surface area contributed by atoms with Gasteiger partial charge >= 0.3 is 0 Å². The highest BCUT2D eigenvalue weighted by Crippen LogP contribution is 2.24. The number of nitrogens with one attached hydrogen (secondary N) is 1. The first-order valence-corrected chi connectivity index (χ1v) is 5.91. The standard InChI is InChI=1S/C13H17N3O2/c1-4-14-13(2,3)12-15-11(16-18-12)9-6-5-7-10(17)8-9/h5-8,14,17H,4H2,1-3H3. The fraction of sp³-hybridized carbons (Fsp3) is 0.385. The molecule has 1 aromatic heterocycles. The molecule has 0 unspecified atom stereocenters. The largest absolute Gasteiger partial charge is 0.508 e. The van der Waals surface area contributed by atoms with Crippen molar-refractivity contribution in [3.05, 3.63) is 30.2 Å². The highest BCUT2D eigenvalue weighted by molar-refractivity contribution is 5.56. The van der Waals surface area contributed by atoms with E-state index in [1.54, 1.807) is 18.2 Å². The van der Waals surface area contributed by atoms with Gasteiger partial charge in [0.1, 0.15) is 5.75 Å². The molecule has 5 nitrogen and oxygen atoms in total. The normalized spacial score (nSPS) is 11.7. The van der Waals surface area contributed by atoms with E-state index < -0.39 is 0 Å². The predicted molar refractivity (Wildman–Crippen MR) is 68.1 cm³/mol. The van der Waals surface area contributed by atoms with Gasteiger partial charge in [0.05, 0.1) is 5.54 Å². The van der Waals surface area contributed by atoms with Crippen LogP contribution in [0.1, 0.15) is 26.7 Å². The number of nitrogens with zero attached hydrogens (tertiary/aromatic N) is 2. The van der Waals surface area contributed by atoms with E-state index in [-0.39, 0.29) is 11.3 Å². The number of aromatic nitrogens is 2. The number of benzene rings is 1. The minimum absolute atomic E-state index is 0.185. The van der Waals surface area contributed by atoms with Crippen LogP contribution >= 0.6 is 0 Å². The minimum Gasteiger partial charge on any atom is -0.508 e. The van der Waals surface area contributed by atoms with Crippen molar-refractivity contribution >= 4 is 0 Å². The van der Waals surface area contributed by atoms with Crippen molar-refractivity contribution in [3.63, 3.8) is 0 Å². The van der Waals surface area contributed by atoms with Crippen LogP contribution in [-0.2, 0) is 5.54 Å². The Morgan fingerprint density at radius 3 is 2.83 bits per heavy atom. The summed E-state index contributed by atoms with van der Waals surface area (Å²) in [5, 5.41) is 16.6. The zero-order valence-electron chi connectivity index (χ0n) is 10.8. The quantitative estimate of drug-likeness (QED) is 0.867. The molecule has 0 aliphatic rings. The maximum absolute atomic E-state index is 9.43. The van der Waals surface area contributed by atoms with Crippen molar-refractivity contribution < 1.29 is 9.63 Å². The van der Waals surface area contributed by atoms with Gasteiger partial charge in [0.25, 0.3) is 0 Å². The summed E-state index contributed by atoms with van der Waals surface area (Å²) < 4.78 is 5.27. The summed E-state index contributed by atoms with van der Waals surface area (Å²) >= 11 is 0. The Balaban J connectivity index is 2.31. The van der Waals surface area contributed by atoms with Crippen LogP contribution in [0, 0.1) is 0 Å². The van der Waals surface area contributed by atoms with Crippen molar-refractivity contribution in [1.82, 2.24) is 15.5 Å². The topological polar surface area (TPSA) is 71.2 Å².